The highest BCUT2D eigenvalue weighted by atomic mass is 19.1. The first-order chi connectivity index (χ1) is 13.3. The largest absolute Gasteiger partial charge is 0.493 e. The van der Waals surface area contributed by atoms with E-state index in [-0.39, 0.29) is 5.82 Å². The Balaban J connectivity index is 1.44. The Hall–Kier alpha value is -2.70. The van der Waals surface area contributed by atoms with E-state index >= 15 is 0 Å². The normalized spacial score (nSPS) is 17.1. The predicted molar refractivity (Wildman–Crippen MR) is 99.5 cm³/mol. The molecule has 0 radical (unpaired) electrons. The van der Waals surface area contributed by atoms with Gasteiger partial charge in [-0.2, -0.15) is 0 Å². The lowest BCUT2D eigenvalue weighted by molar-refractivity contribution is 0.356. The number of halogens is 1. The summed E-state index contributed by atoms with van der Waals surface area (Å²) >= 11 is 0. The first-order valence-corrected chi connectivity index (χ1v) is 9.67. The second kappa shape index (κ2) is 6.79. The molecule has 1 aliphatic carbocycles. The van der Waals surface area contributed by atoms with Crippen LogP contribution in [-0.2, 0) is 13.0 Å². The van der Waals surface area contributed by atoms with Crippen LogP contribution in [0.25, 0.3) is 5.65 Å². The van der Waals surface area contributed by atoms with Gasteiger partial charge in [0.1, 0.15) is 17.9 Å². The Morgan fingerprint density at radius 3 is 3.00 bits per heavy atom. The third-order valence-corrected chi connectivity index (χ3v) is 5.77. The molecule has 1 fully saturated rings. The van der Waals surface area contributed by atoms with Crippen LogP contribution in [0.5, 0.6) is 5.75 Å². The lowest BCUT2D eigenvalue weighted by atomic mass is 9.85. The highest BCUT2D eigenvalue weighted by Crippen LogP contribution is 2.35. The van der Waals surface area contributed by atoms with Crippen molar-refractivity contribution in [3.63, 3.8) is 0 Å². The smallest absolute Gasteiger partial charge is 0.210 e. The molecule has 6 nitrogen and oxygen atoms in total. The molecule has 3 aromatic rings. The van der Waals surface area contributed by atoms with Crippen LogP contribution in [-0.4, -0.2) is 26.2 Å². The van der Waals surface area contributed by atoms with Crippen LogP contribution in [0.15, 0.2) is 24.7 Å². The molecule has 3 heterocycles. The summed E-state index contributed by atoms with van der Waals surface area (Å²) in [5.74, 6) is 1.69. The SMILES string of the molecule is Fc1ccc2c(c1CNc1ncc(C3CCCCC3)c3nncn13)CCO2. The van der Waals surface area contributed by atoms with Crippen LogP contribution in [0, 0.1) is 5.82 Å². The van der Waals surface area contributed by atoms with Crippen molar-refractivity contribution in [2.24, 2.45) is 0 Å². The van der Waals surface area contributed by atoms with Gasteiger partial charge in [-0.1, -0.05) is 19.3 Å². The van der Waals surface area contributed by atoms with Crippen molar-refractivity contribution in [3.8, 4) is 5.75 Å². The van der Waals surface area contributed by atoms with Crippen molar-refractivity contribution in [2.45, 2.75) is 51.0 Å². The summed E-state index contributed by atoms with van der Waals surface area (Å²) in [5.41, 5.74) is 3.60. The van der Waals surface area contributed by atoms with Gasteiger partial charge < -0.3 is 10.1 Å². The number of fused-ring (bicyclic) bond motifs is 2. The molecule has 140 valence electrons. The highest BCUT2D eigenvalue weighted by molar-refractivity contribution is 5.53. The van der Waals surface area contributed by atoms with E-state index in [1.807, 2.05) is 10.6 Å². The Morgan fingerprint density at radius 2 is 2.11 bits per heavy atom. The fraction of sp³-hybridized carbons (Fsp3) is 0.450. The lowest BCUT2D eigenvalue weighted by Crippen LogP contribution is -2.12. The van der Waals surface area contributed by atoms with Crippen molar-refractivity contribution in [1.82, 2.24) is 19.6 Å². The Kier molecular flexibility index (Phi) is 4.14. The van der Waals surface area contributed by atoms with Crippen molar-refractivity contribution in [1.29, 1.82) is 0 Å². The average Bonchev–Trinajstić information content (AvgIpc) is 3.37. The number of anilines is 1. The standard InChI is InChI=1S/C20H22FN5O/c21-17-6-7-18-14(8-9-27-18)16(17)11-23-20-22-10-15(13-4-2-1-3-5-13)19-25-24-12-26(19)20/h6-7,10,12-13H,1-5,8-9,11H2,(H,22,23). The van der Waals surface area contributed by atoms with Crippen LogP contribution in [0.4, 0.5) is 10.3 Å². The topological polar surface area (TPSA) is 64.3 Å². The summed E-state index contributed by atoms with van der Waals surface area (Å²) < 4.78 is 21.8. The van der Waals surface area contributed by atoms with Gasteiger partial charge in [0.15, 0.2) is 5.65 Å². The van der Waals surface area contributed by atoms with Crippen molar-refractivity contribution < 1.29 is 9.13 Å². The molecule has 2 aromatic heterocycles. The van der Waals surface area contributed by atoms with E-state index < -0.39 is 0 Å². The number of nitrogens with zero attached hydrogens (tertiary/aromatic N) is 4. The average molecular weight is 367 g/mol. The second-order valence-corrected chi connectivity index (χ2v) is 7.35. The van der Waals surface area contributed by atoms with Crippen LogP contribution in [0.1, 0.15) is 54.7 Å². The van der Waals surface area contributed by atoms with Gasteiger partial charge in [-0.15, -0.1) is 10.2 Å². The van der Waals surface area contributed by atoms with Gasteiger partial charge in [0, 0.05) is 35.9 Å². The van der Waals surface area contributed by atoms with Gasteiger partial charge >= 0.3 is 0 Å². The number of hydrogen-bond acceptors (Lipinski definition) is 5. The molecule has 0 atom stereocenters. The fourth-order valence-corrected chi connectivity index (χ4v) is 4.34. The van der Waals surface area contributed by atoms with E-state index in [0.29, 0.717) is 30.6 Å². The summed E-state index contributed by atoms with van der Waals surface area (Å²) in [6.07, 6.45) is 10.5. The van der Waals surface area contributed by atoms with E-state index in [9.17, 15) is 4.39 Å². The van der Waals surface area contributed by atoms with Crippen molar-refractivity contribution in [3.05, 3.63) is 47.2 Å². The van der Waals surface area contributed by atoms with Crippen LogP contribution in [0.3, 0.4) is 0 Å². The Labute approximate surface area is 156 Å². The van der Waals surface area contributed by atoms with Gasteiger partial charge in [0.25, 0.3) is 0 Å². The summed E-state index contributed by atoms with van der Waals surface area (Å²) in [5, 5.41) is 11.7. The molecule has 2 aliphatic rings. The summed E-state index contributed by atoms with van der Waals surface area (Å²) in [4.78, 5) is 4.61. The number of aromatic nitrogens is 4. The number of hydrogen-bond donors (Lipinski definition) is 1. The number of nitrogens with one attached hydrogen (secondary N) is 1. The third kappa shape index (κ3) is 2.91. The van der Waals surface area contributed by atoms with Crippen molar-refractivity contribution >= 4 is 11.6 Å². The summed E-state index contributed by atoms with van der Waals surface area (Å²) in [7, 11) is 0. The molecule has 27 heavy (non-hydrogen) atoms. The minimum Gasteiger partial charge on any atom is -0.493 e. The molecule has 0 bridgehead atoms. The maximum atomic E-state index is 14.4. The molecule has 1 aliphatic heterocycles. The zero-order chi connectivity index (χ0) is 18.2. The molecule has 0 unspecified atom stereocenters. The van der Waals surface area contributed by atoms with E-state index in [0.717, 1.165) is 28.9 Å². The maximum Gasteiger partial charge on any atom is 0.210 e. The van der Waals surface area contributed by atoms with Gasteiger partial charge in [-0.05, 0) is 30.9 Å². The predicted octanol–water partition coefficient (Wildman–Crippen LogP) is 3.86. The minimum absolute atomic E-state index is 0.217. The number of benzene rings is 1. The minimum atomic E-state index is -0.217. The Morgan fingerprint density at radius 1 is 1.22 bits per heavy atom. The lowest BCUT2D eigenvalue weighted by Gasteiger charge is -2.22. The number of ether oxygens (including phenoxy) is 1. The van der Waals surface area contributed by atoms with E-state index in [2.05, 4.69) is 20.5 Å². The highest BCUT2D eigenvalue weighted by Gasteiger charge is 2.22. The molecule has 0 saturated heterocycles. The molecule has 0 amide bonds. The van der Waals surface area contributed by atoms with Crippen LogP contribution < -0.4 is 10.1 Å². The molecule has 7 heteroatoms. The molecule has 0 spiro atoms. The van der Waals surface area contributed by atoms with Gasteiger partial charge in [-0.3, -0.25) is 4.40 Å². The molecule has 5 rings (SSSR count). The quantitative estimate of drug-likeness (QED) is 0.759. The van der Waals surface area contributed by atoms with E-state index in [4.69, 9.17) is 4.74 Å². The van der Waals surface area contributed by atoms with Crippen LogP contribution >= 0.6 is 0 Å². The molecule has 1 saturated carbocycles. The number of rotatable bonds is 4. The molecular weight excluding hydrogens is 345 g/mol. The molecule has 1 N–H and O–H groups in total. The van der Waals surface area contributed by atoms with Crippen molar-refractivity contribution in [2.75, 3.05) is 11.9 Å². The fourth-order valence-electron chi connectivity index (χ4n) is 4.34. The molecule has 1 aromatic carbocycles. The van der Waals surface area contributed by atoms with Gasteiger partial charge in [0.05, 0.1) is 6.61 Å². The first-order valence-electron chi connectivity index (χ1n) is 9.67. The summed E-state index contributed by atoms with van der Waals surface area (Å²) in [6.45, 7) is 0.956. The van der Waals surface area contributed by atoms with E-state index in [1.54, 1.807) is 12.4 Å². The van der Waals surface area contributed by atoms with Gasteiger partial charge in [-0.25, -0.2) is 9.37 Å². The van der Waals surface area contributed by atoms with E-state index in [1.165, 1.54) is 38.2 Å². The van der Waals surface area contributed by atoms with Crippen LogP contribution in [0.2, 0.25) is 0 Å². The summed E-state index contributed by atoms with van der Waals surface area (Å²) in [6, 6.07) is 3.17. The maximum absolute atomic E-state index is 14.4. The zero-order valence-electron chi connectivity index (χ0n) is 15.1. The first kappa shape index (κ1) is 16.5. The molecular formula is C20H22FN5O. The van der Waals surface area contributed by atoms with Gasteiger partial charge in [0.2, 0.25) is 5.95 Å². The monoisotopic (exact) mass is 367 g/mol. The third-order valence-electron chi connectivity index (χ3n) is 5.77. The second-order valence-electron chi connectivity index (χ2n) is 7.35. The Bertz CT molecular complexity index is 980. The zero-order valence-corrected chi connectivity index (χ0v) is 15.1.